The molecule has 1 aromatic rings. The van der Waals surface area contributed by atoms with E-state index in [9.17, 15) is 8.42 Å². The Morgan fingerprint density at radius 2 is 2.05 bits per heavy atom. The van der Waals surface area contributed by atoms with Crippen molar-refractivity contribution < 1.29 is 8.42 Å². The van der Waals surface area contributed by atoms with E-state index in [1.165, 1.54) is 0 Å². The molecule has 0 unspecified atom stereocenters. The third-order valence-electron chi connectivity index (χ3n) is 2.84. The van der Waals surface area contributed by atoms with Gasteiger partial charge in [0, 0.05) is 6.54 Å². The molecule has 0 saturated heterocycles. The number of benzene rings is 1. The molecule has 0 radical (unpaired) electrons. The zero-order valence-electron chi connectivity index (χ0n) is 11.4. The first kappa shape index (κ1) is 13.9. The second-order valence-corrected chi connectivity index (χ2v) is 6.65. The number of aliphatic imine (C=N–C) groups is 1. The minimum atomic E-state index is -3.52. The van der Waals surface area contributed by atoms with E-state index in [0.717, 1.165) is 12.0 Å². The lowest BCUT2D eigenvalue weighted by Gasteiger charge is -2.22. The molecule has 104 valence electrons. The Bertz CT molecular complexity index is 606. The highest BCUT2D eigenvalue weighted by Crippen LogP contribution is 2.26. The Morgan fingerprint density at radius 1 is 1.32 bits per heavy atom. The van der Waals surface area contributed by atoms with Gasteiger partial charge in [-0.25, -0.2) is 13.1 Å². The van der Waals surface area contributed by atoms with Gasteiger partial charge in [-0.15, -0.1) is 0 Å². The first-order valence-corrected chi connectivity index (χ1v) is 7.88. The molecule has 2 rings (SSSR count). The van der Waals surface area contributed by atoms with Crippen LogP contribution in [-0.4, -0.2) is 20.9 Å². The third-order valence-corrected chi connectivity index (χ3v) is 4.22. The van der Waals surface area contributed by atoms with Crippen LogP contribution in [0.2, 0.25) is 0 Å². The highest BCUT2D eigenvalue weighted by atomic mass is 32.2. The van der Waals surface area contributed by atoms with Crippen molar-refractivity contribution in [1.29, 1.82) is 0 Å². The number of rotatable bonds is 3. The summed E-state index contributed by atoms with van der Waals surface area (Å²) in [5.74, 6) is 0.674. The predicted octanol–water partition coefficient (Wildman–Crippen LogP) is 1.96. The summed E-state index contributed by atoms with van der Waals surface area (Å²) < 4.78 is 26.8. The Kier molecular flexibility index (Phi) is 3.80. The molecule has 0 spiro atoms. The lowest BCUT2D eigenvalue weighted by Crippen LogP contribution is -2.41. The molecule has 1 heterocycles. The van der Waals surface area contributed by atoms with Crippen LogP contribution >= 0.6 is 0 Å². The average molecular weight is 281 g/mol. The molecular formula is C13H19N3O2S. The van der Waals surface area contributed by atoms with Gasteiger partial charge in [-0.05, 0) is 30.0 Å². The Hall–Kier alpha value is -1.56. The van der Waals surface area contributed by atoms with Gasteiger partial charge >= 0.3 is 0 Å². The number of guanidine groups is 1. The van der Waals surface area contributed by atoms with Gasteiger partial charge in [0.2, 0.25) is 5.96 Å². The monoisotopic (exact) mass is 281 g/mol. The van der Waals surface area contributed by atoms with Crippen LogP contribution in [0.4, 0.5) is 5.69 Å². The summed E-state index contributed by atoms with van der Waals surface area (Å²) in [6.45, 7) is 6.63. The molecule has 0 fully saturated rings. The molecular weight excluding hydrogens is 262 g/mol. The number of anilines is 1. The van der Waals surface area contributed by atoms with Gasteiger partial charge in [0.15, 0.2) is 0 Å². The summed E-state index contributed by atoms with van der Waals surface area (Å²) in [5, 5.41) is 3.02. The molecule has 2 N–H and O–H groups in total. The number of fused-ring (bicyclic) bond motifs is 1. The van der Waals surface area contributed by atoms with Crippen LogP contribution in [0.5, 0.6) is 0 Å². The minimum Gasteiger partial charge on any atom is -0.324 e. The highest BCUT2D eigenvalue weighted by Gasteiger charge is 2.26. The number of hydrogen-bond acceptors (Lipinski definition) is 3. The number of sulfonamides is 1. The van der Waals surface area contributed by atoms with E-state index in [0.29, 0.717) is 24.1 Å². The fourth-order valence-corrected chi connectivity index (χ4v) is 2.99. The van der Waals surface area contributed by atoms with Crippen molar-refractivity contribution in [3.8, 4) is 0 Å². The quantitative estimate of drug-likeness (QED) is 0.889. The Morgan fingerprint density at radius 3 is 2.68 bits per heavy atom. The first-order chi connectivity index (χ1) is 8.92. The van der Waals surface area contributed by atoms with Gasteiger partial charge in [-0.1, -0.05) is 26.8 Å². The van der Waals surface area contributed by atoms with Crippen LogP contribution in [0.25, 0.3) is 0 Å². The van der Waals surface area contributed by atoms with Crippen molar-refractivity contribution in [1.82, 2.24) is 4.72 Å². The van der Waals surface area contributed by atoms with E-state index in [4.69, 9.17) is 0 Å². The zero-order valence-corrected chi connectivity index (χ0v) is 12.2. The van der Waals surface area contributed by atoms with Crippen molar-refractivity contribution >= 4 is 21.7 Å². The third kappa shape index (κ3) is 3.07. The van der Waals surface area contributed by atoms with E-state index in [1.807, 2.05) is 26.8 Å². The maximum atomic E-state index is 12.2. The average Bonchev–Trinajstić information content (AvgIpc) is 2.35. The fraction of sp³-hybridized carbons (Fsp3) is 0.462. The van der Waals surface area contributed by atoms with Crippen molar-refractivity contribution in [2.24, 2.45) is 10.9 Å². The number of aryl methyl sites for hydroxylation is 1. The van der Waals surface area contributed by atoms with E-state index in [2.05, 4.69) is 15.0 Å². The maximum Gasteiger partial charge on any atom is 0.266 e. The minimum absolute atomic E-state index is 0.287. The molecule has 0 saturated carbocycles. The molecule has 5 nitrogen and oxygen atoms in total. The predicted molar refractivity (Wildman–Crippen MR) is 76.9 cm³/mol. The molecule has 19 heavy (non-hydrogen) atoms. The molecule has 0 aliphatic carbocycles. The fourth-order valence-electron chi connectivity index (χ4n) is 1.79. The molecule has 0 atom stereocenters. The summed E-state index contributed by atoms with van der Waals surface area (Å²) in [7, 11) is -3.52. The summed E-state index contributed by atoms with van der Waals surface area (Å²) in [6, 6.07) is 5.41. The van der Waals surface area contributed by atoms with Crippen LogP contribution in [0.1, 0.15) is 26.3 Å². The van der Waals surface area contributed by atoms with Crippen LogP contribution in [0.15, 0.2) is 28.1 Å². The number of hydrogen-bond donors (Lipinski definition) is 2. The summed E-state index contributed by atoms with van der Waals surface area (Å²) in [5.41, 5.74) is 1.58. The van der Waals surface area contributed by atoms with Crippen LogP contribution < -0.4 is 10.0 Å². The van der Waals surface area contributed by atoms with Crippen LogP contribution in [0, 0.1) is 5.92 Å². The van der Waals surface area contributed by atoms with Gasteiger partial charge < -0.3 is 5.32 Å². The molecule has 0 bridgehead atoms. The maximum absolute atomic E-state index is 12.2. The van der Waals surface area contributed by atoms with Crippen molar-refractivity contribution in [2.75, 3.05) is 11.9 Å². The molecule has 1 aromatic carbocycles. The largest absolute Gasteiger partial charge is 0.324 e. The van der Waals surface area contributed by atoms with E-state index < -0.39 is 10.0 Å². The van der Waals surface area contributed by atoms with Crippen molar-refractivity contribution in [3.05, 3.63) is 23.8 Å². The summed E-state index contributed by atoms with van der Waals surface area (Å²) in [6.07, 6.45) is 0.803. The topological polar surface area (TPSA) is 70.6 Å². The van der Waals surface area contributed by atoms with Gasteiger partial charge in [-0.2, -0.15) is 0 Å². The number of nitrogens with one attached hydrogen (secondary N) is 2. The molecule has 1 aliphatic heterocycles. The van der Waals surface area contributed by atoms with Crippen LogP contribution in [-0.2, 0) is 16.4 Å². The summed E-state index contributed by atoms with van der Waals surface area (Å²) >= 11 is 0. The SMILES string of the molecule is CCc1ccc2c(c1)S(=O)(=O)NC(=NCC(C)C)N2. The molecule has 1 aliphatic rings. The second kappa shape index (κ2) is 5.21. The van der Waals surface area contributed by atoms with E-state index >= 15 is 0 Å². The smallest absolute Gasteiger partial charge is 0.266 e. The van der Waals surface area contributed by atoms with Gasteiger partial charge in [0.1, 0.15) is 4.90 Å². The van der Waals surface area contributed by atoms with Gasteiger partial charge in [0.05, 0.1) is 5.69 Å². The Balaban J connectivity index is 2.38. The second-order valence-electron chi connectivity index (χ2n) is 5.00. The lowest BCUT2D eigenvalue weighted by atomic mass is 10.1. The van der Waals surface area contributed by atoms with E-state index in [-0.39, 0.29) is 4.90 Å². The van der Waals surface area contributed by atoms with Crippen molar-refractivity contribution in [3.63, 3.8) is 0 Å². The summed E-state index contributed by atoms with van der Waals surface area (Å²) in [4.78, 5) is 4.52. The molecule has 0 amide bonds. The highest BCUT2D eigenvalue weighted by molar-refractivity contribution is 7.90. The lowest BCUT2D eigenvalue weighted by molar-refractivity contribution is 0.591. The Labute approximate surface area is 114 Å². The normalized spacial score (nSPS) is 18.8. The molecule has 6 heteroatoms. The number of nitrogens with zero attached hydrogens (tertiary/aromatic N) is 1. The first-order valence-electron chi connectivity index (χ1n) is 6.39. The van der Waals surface area contributed by atoms with Crippen molar-refractivity contribution in [2.45, 2.75) is 32.1 Å². The molecule has 0 aromatic heterocycles. The standard InChI is InChI=1S/C13H19N3O2S/c1-4-10-5-6-11-12(7-10)19(17,18)16-13(15-11)14-8-9(2)3/h5-7,9H,4,8H2,1-3H3,(H2,14,15,16). The zero-order chi connectivity index (χ0) is 14.0. The van der Waals surface area contributed by atoms with Gasteiger partial charge in [-0.3, -0.25) is 4.99 Å². The van der Waals surface area contributed by atoms with E-state index in [1.54, 1.807) is 12.1 Å². The van der Waals surface area contributed by atoms with Crippen LogP contribution in [0.3, 0.4) is 0 Å². The van der Waals surface area contributed by atoms with Gasteiger partial charge in [0.25, 0.3) is 10.0 Å².